The molecule has 0 bridgehead atoms. The lowest BCUT2D eigenvalue weighted by molar-refractivity contribution is 0.392. The largest absolute Gasteiger partial charge is 0.497 e. The monoisotopic (exact) mass is 403 g/mol. The van der Waals surface area contributed by atoms with Crippen LogP contribution < -0.4 is 20.3 Å². The van der Waals surface area contributed by atoms with Crippen molar-refractivity contribution >= 4 is 11.6 Å². The number of aromatic nitrogens is 6. The Bertz CT molecular complexity index is 1280. The summed E-state index contributed by atoms with van der Waals surface area (Å²) in [6.07, 6.45) is 0. The van der Waals surface area contributed by atoms with Crippen LogP contribution in [-0.2, 0) is 0 Å². The van der Waals surface area contributed by atoms with Gasteiger partial charge in [-0.2, -0.15) is 9.78 Å². The Balaban J connectivity index is 1.85. The van der Waals surface area contributed by atoms with Gasteiger partial charge in [0.25, 0.3) is 5.56 Å². The number of ether oxygens (including phenoxy) is 2. The minimum atomic E-state index is -0.568. The number of fused-ring (bicyclic) bond motifs is 2. The van der Waals surface area contributed by atoms with Gasteiger partial charge in [-0.25, -0.2) is 5.10 Å². The molecule has 0 fully saturated rings. The van der Waals surface area contributed by atoms with Crippen molar-refractivity contribution < 1.29 is 9.47 Å². The number of nitrogens with one attached hydrogen (secondary N) is 2. The molecule has 4 aromatic rings. The van der Waals surface area contributed by atoms with Crippen molar-refractivity contribution in [1.82, 2.24) is 30.4 Å². The van der Waals surface area contributed by atoms with E-state index in [1.165, 1.54) is 0 Å². The Hall–Kier alpha value is -4.21. The number of benzene rings is 2. The number of rotatable bonds is 4. The van der Waals surface area contributed by atoms with Gasteiger partial charge in [0.15, 0.2) is 0 Å². The molecule has 2 aromatic carbocycles. The second-order valence-electron chi connectivity index (χ2n) is 6.64. The van der Waals surface area contributed by atoms with E-state index in [0.717, 1.165) is 11.1 Å². The van der Waals surface area contributed by atoms with Gasteiger partial charge in [-0.1, -0.05) is 35.4 Å². The van der Waals surface area contributed by atoms with E-state index in [9.17, 15) is 4.79 Å². The number of H-pyrrole nitrogens is 1. The second-order valence-corrected chi connectivity index (χ2v) is 6.64. The Morgan fingerprint density at radius 1 is 1.07 bits per heavy atom. The smallest absolute Gasteiger partial charge is 0.288 e. The average Bonchev–Trinajstić information content (AvgIpc) is 3.27. The van der Waals surface area contributed by atoms with Gasteiger partial charge in [-0.15, -0.1) is 0 Å². The van der Waals surface area contributed by atoms with Gasteiger partial charge < -0.3 is 14.8 Å². The molecular weight excluding hydrogens is 386 g/mol. The zero-order valence-electron chi connectivity index (χ0n) is 16.2. The third-order valence-corrected chi connectivity index (χ3v) is 5.05. The van der Waals surface area contributed by atoms with E-state index >= 15 is 0 Å². The molecule has 0 amide bonds. The van der Waals surface area contributed by atoms with Crippen molar-refractivity contribution in [3.05, 3.63) is 70.0 Å². The lowest BCUT2D eigenvalue weighted by Gasteiger charge is -2.28. The highest BCUT2D eigenvalue weighted by Gasteiger charge is 2.36. The summed E-state index contributed by atoms with van der Waals surface area (Å²) >= 11 is 0. The molecule has 0 spiro atoms. The predicted octanol–water partition coefficient (Wildman–Crippen LogP) is 2.14. The number of aromatic amines is 1. The van der Waals surface area contributed by atoms with Crippen molar-refractivity contribution in [3.8, 4) is 22.8 Å². The van der Waals surface area contributed by atoms with Crippen molar-refractivity contribution in [2.75, 3.05) is 19.5 Å². The molecule has 3 heterocycles. The minimum Gasteiger partial charge on any atom is -0.497 e. The number of nitrogens with zero attached hydrogens (tertiary/aromatic N) is 5. The maximum Gasteiger partial charge on any atom is 0.288 e. The fraction of sp³-hybridized carbons (Fsp3) is 0.150. The van der Waals surface area contributed by atoms with Crippen LogP contribution in [0.25, 0.3) is 11.3 Å². The summed E-state index contributed by atoms with van der Waals surface area (Å²) in [4.78, 5) is 12.7. The third kappa shape index (κ3) is 2.69. The van der Waals surface area contributed by atoms with E-state index in [4.69, 9.17) is 9.47 Å². The first-order chi connectivity index (χ1) is 14.7. The highest BCUT2D eigenvalue weighted by Crippen LogP contribution is 2.44. The van der Waals surface area contributed by atoms with E-state index in [0.29, 0.717) is 34.4 Å². The Morgan fingerprint density at radius 2 is 1.90 bits per heavy atom. The van der Waals surface area contributed by atoms with Gasteiger partial charge in [0, 0.05) is 16.7 Å². The number of tetrazole rings is 1. The summed E-state index contributed by atoms with van der Waals surface area (Å²) in [7, 11) is 3.17. The van der Waals surface area contributed by atoms with Crippen molar-refractivity contribution in [2.24, 2.45) is 0 Å². The predicted molar refractivity (Wildman–Crippen MR) is 108 cm³/mol. The summed E-state index contributed by atoms with van der Waals surface area (Å²) in [5.41, 5.74) is 2.78. The highest BCUT2D eigenvalue weighted by atomic mass is 16.5. The average molecular weight is 403 g/mol. The van der Waals surface area contributed by atoms with Gasteiger partial charge in [-0.05, 0) is 28.6 Å². The molecule has 0 unspecified atom stereocenters. The molecule has 0 saturated carbocycles. The summed E-state index contributed by atoms with van der Waals surface area (Å²) in [6.45, 7) is 0. The van der Waals surface area contributed by atoms with E-state index in [1.54, 1.807) is 25.0 Å². The Morgan fingerprint density at radius 3 is 2.67 bits per heavy atom. The molecule has 2 aromatic heterocycles. The van der Waals surface area contributed by atoms with E-state index in [-0.39, 0.29) is 5.56 Å². The topological polar surface area (TPSA) is 120 Å². The van der Waals surface area contributed by atoms with Crippen molar-refractivity contribution in [2.45, 2.75) is 6.04 Å². The summed E-state index contributed by atoms with van der Waals surface area (Å²) in [5, 5.41) is 21.9. The van der Waals surface area contributed by atoms with Gasteiger partial charge >= 0.3 is 0 Å². The zero-order valence-corrected chi connectivity index (χ0v) is 16.2. The standard InChI is InChI=1S/C20H17N7O3/c1-29-12-8-9-14(30-2)13(10-12)18-15-16(11-6-4-3-5-7-11)22-23-19(28)17(15)21-20-24-25-26-27(18)20/h3-10,18H,1-2H3,(H,23,28)(H,21,24,26)/t18-/m1/s1. The van der Waals surface area contributed by atoms with Gasteiger partial charge in [0.2, 0.25) is 5.95 Å². The van der Waals surface area contributed by atoms with E-state index in [1.807, 2.05) is 42.5 Å². The fourth-order valence-corrected chi connectivity index (χ4v) is 3.69. The van der Waals surface area contributed by atoms with Crippen LogP contribution in [0.4, 0.5) is 11.6 Å². The molecule has 1 aliphatic rings. The van der Waals surface area contributed by atoms with E-state index in [2.05, 4.69) is 31.0 Å². The van der Waals surface area contributed by atoms with Crippen LogP contribution in [0, 0.1) is 0 Å². The fourth-order valence-electron chi connectivity index (χ4n) is 3.69. The van der Waals surface area contributed by atoms with E-state index < -0.39 is 6.04 Å². The zero-order chi connectivity index (χ0) is 20.7. The second kappa shape index (κ2) is 6.99. The molecule has 10 nitrogen and oxygen atoms in total. The summed E-state index contributed by atoms with van der Waals surface area (Å²) < 4.78 is 12.6. The minimum absolute atomic E-state index is 0.334. The molecule has 5 rings (SSSR count). The maximum atomic E-state index is 12.7. The van der Waals surface area contributed by atoms with Crippen LogP contribution in [0.2, 0.25) is 0 Å². The maximum absolute atomic E-state index is 12.7. The van der Waals surface area contributed by atoms with Crippen molar-refractivity contribution in [1.29, 1.82) is 0 Å². The molecular formula is C20H17N7O3. The molecule has 2 N–H and O–H groups in total. The lowest BCUT2D eigenvalue weighted by atomic mass is 9.92. The van der Waals surface area contributed by atoms with Crippen LogP contribution in [0.3, 0.4) is 0 Å². The number of hydrogen-bond acceptors (Lipinski definition) is 8. The summed E-state index contributed by atoms with van der Waals surface area (Å²) in [6, 6.07) is 14.5. The molecule has 30 heavy (non-hydrogen) atoms. The normalized spacial score (nSPS) is 14.4. The first-order valence-corrected chi connectivity index (χ1v) is 9.16. The molecule has 0 aliphatic carbocycles. The first kappa shape index (κ1) is 17.9. The molecule has 1 atom stereocenters. The van der Waals surface area contributed by atoms with Crippen LogP contribution in [0.5, 0.6) is 11.5 Å². The molecule has 1 aliphatic heterocycles. The lowest BCUT2D eigenvalue weighted by Crippen LogP contribution is -2.29. The third-order valence-electron chi connectivity index (χ3n) is 5.05. The summed E-state index contributed by atoms with van der Waals surface area (Å²) in [5.74, 6) is 1.59. The van der Waals surface area contributed by atoms with Gasteiger partial charge in [0.1, 0.15) is 23.2 Å². The number of methoxy groups -OCH3 is 2. The molecule has 10 heteroatoms. The van der Waals surface area contributed by atoms with Crippen LogP contribution in [0.1, 0.15) is 17.2 Å². The number of hydrogen-bond donors (Lipinski definition) is 2. The highest BCUT2D eigenvalue weighted by molar-refractivity contribution is 5.76. The quantitative estimate of drug-likeness (QED) is 0.468. The van der Waals surface area contributed by atoms with Gasteiger partial charge in [0.05, 0.1) is 19.9 Å². The van der Waals surface area contributed by atoms with Crippen molar-refractivity contribution in [3.63, 3.8) is 0 Å². The SMILES string of the molecule is COc1ccc(OC)c([C@@H]2c3c(-c4ccccc4)n[nH]c(=O)c3Nc3nnnn32)c1. The van der Waals surface area contributed by atoms with Crippen LogP contribution in [-0.4, -0.2) is 44.6 Å². The molecule has 0 saturated heterocycles. The Kier molecular flexibility index (Phi) is 4.16. The molecule has 0 radical (unpaired) electrons. The van der Waals surface area contributed by atoms with Crippen LogP contribution >= 0.6 is 0 Å². The number of anilines is 2. The van der Waals surface area contributed by atoms with Crippen LogP contribution in [0.15, 0.2) is 53.3 Å². The van der Waals surface area contributed by atoms with Gasteiger partial charge in [-0.3, -0.25) is 4.79 Å². The first-order valence-electron chi connectivity index (χ1n) is 9.16. The molecule has 150 valence electrons. The Labute approximate surface area is 170 Å².